The van der Waals surface area contributed by atoms with Gasteiger partial charge in [0.1, 0.15) is 18.5 Å². The molecule has 0 N–H and O–H groups in total. The van der Waals surface area contributed by atoms with E-state index in [1.54, 1.807) is 0 Å². The Kier molecular flexibility index (Phi) is 6.00. The molecule has 0 spiro atoms. The van der Waals surface area contributed by atoms with E-state index < -0.39 is 0 Å². The maximum absolute atomic E-state index is 5.90. The van der Waals surface area contributed by atoms with Gasteiger partial charge in [-0.05, 0) is 48.2 Å². The van der Waals surface area contributed by atoms with E-state index in [2.05, 4.69) is 47.4 Å². The van der Waals surface area contributed by atoms with Crippen LogP contribution in [0, 0.1) is 6.92 Å². The highest BCUT2D eigenvalue weighted by Gasteiger charge is 2.15. The molecule has 0 radical (unpaired) electrons. The monoisotopic (exact) mass is 375 g/mol. The van der Waals surface area contributed by atoms with E-state index in [1.165, 1.54) is 16.7 Å². The number of aromatic nitrogens is 1. The summed E-state index contributed by atoms with van der Waals surface area (Å²) in [5.74, 6) is 0.869. The first-order valence-electron chi connectivity index (χ1n) is 9.69. The molecule has 0 amide bonds. The molecule has 1 unspecified atom stereocenters. The highest BCUT2D eigenvalue weighted by molar-refractivity contribution is 5.62. The van der Waals surface area contributed by atoms with Crippen LogP contribution in [-0.4, -0.2) is 37.5 Å². The van der Waals surface area contributed by atoms with Crippen LogP contribution < -0.4 is 4.74 Å². The molecule has 2 heterocycles. The molecule has 4 heteroatoms. The van der Waals surface area contributed by atoms with Crippen LogP contribution in [-0.2, 0) is 15.9 Å². The molecule has 144 valence electrons. The lowest BCUT2D eigenvalue weighted by molar-refractivity contribution is -0.101. The zero-order valence-corrected chi connectivity index (χ0v) is 16.1. The number of ether oxygens (including phenoxy) is 3. The smallest absolute Gasteiger partial charge is 0.119 e. The lowest BCUT2D eigenvalue weighted by atomic mass is 10.0. The van der Waals surface area contributed by atoms with E-state index in [0.717, 1.165) is 23.4 Å². The van der Waals surface area contributed by atoms with Crippen molar-refractivity contribution in [1.82, 2.24) is 4.98 Å². The molecule has 2 aromatic carbocycles. The van der Waals surface area contributed by atoms with Gasteiger partial charge in [0.25, 0.3) is 0 Å². The van der Waals surface area contributed by atoms with Gasteiger partial charge in [-0.15, -0.1) is 0 Å². The summed E-state index contributed by atoms with van der Waals surface area (Å²) < 4.78 is 16.9. The minimum absolute atomic E-state index is 0.0150. The van der Waals surface area contributed by atoms with Crippen LogP contribution in [0.15, 0.2) is 66.9 Å². The molecular formula is C24H25NO3. The van der Waals surface area contributed by atoms with Gasteiger partial charge in [-0.3, -0.25) is 4.98 Å². The predicted octanol–water partition coefficient (Wildman–Crippen LogP) is 4.44. The van der Waals surface area contributed by atoms with E-state index in [1.807, 2.05) is 31.3 Å². The number of rotatable bonds is 6. The lowest BCUT2D eigenvalue weighted by Crippen LogP contribution is -2.33. The zero-order valence-electron chi connectivity index (χ0n) is 16.1. The predicted molar refractivity (Wildman–Crippen MR) is 110 cm³/mol. The number of pyridine rings is 1. The summed E-state index contributed by atoms with van der Waals surface area (Å²) >= 11 is 0. The molecule has 1 atom stereocenters. The summed E-state index contributed by atoms with van der Waals surface area (Å²) in [6.45, 7) is 4.43. The van der Waals surface area contributed by atoms with Crippen LogP contribution in [0.3, 0.4) is 0 Å². The number of benzene rings is 2. The molecule has 0 aliphatic carbocycles. The van der Waals surface area contributed by atoms with Gasteiger partial charge in [0.05, 0.1) is 19.8 Å². The quantitative estimate of drug-likeness (QED) is 0.639. The summed E-state index contributed by atoms with van der Waals surface area (Å²) in [5, 5.41) is 0. The van der Waals surface area contributed by atoms with Gasteiger partial charge >= 0.3 is 0 Å². The maximum atomic E-state index is 5.90. The third kappa shape index (κ3) is 4.97. The van der Waals surface area contributed by atoms with Gasteiger partial charge in [0, 0.05) is 17.5 Å². The van der Waals surface area contributed by atoms with E-state index >= 15 is 0 Å². The van der Waals surface area contributed by atoms with Gasteiger partial charge in [-0.1, -0.05) is 42.5 Å². The van der Waals surface area contributed by atoms with E-state index in [9.17, 15) is 0 Å². The van der Waals surface area contributed by atoms with Gasteiger partial charge < -0.3 is 14.2 Å². The first-order chi connectivity index (χ1) is 13.8. The van der Waals surface area contributed by atoms with Crippen molar-refractivity contribution in [1.29, 1.82) is 0 Å². The standard InChI is InChI=1S/C24H25NO3/c1-18-5-8-22(15-25-18)21-9-6-19(7-10-21)13-20-3-2-4-23(14-20)28-17-24-16-26-11-12-27-24/h2-10,14-15,24H,11-13,16-17H2,1H3. The summed E-state index contributed by atoms with van der Waals surface area (Å²) in [4.78, 5) is 4.38. The summed E-state index contributed by atoms with van der Waals surface area (Å²) in [7, 11) is 0. The Morgan fingerprint density at radius 2 is 1.82 bits per heavy atom. The van der Waals surface area contributed by atoms with Crippen LogP contribution in [0.1, 0.15) is 16.8 Å². The van der Waals surface area contributed by atoms with Crippen LogP contribution in [0.5, 0.6) is 5.75 Å². The molecule has 4 nitrogen and oxygen atoms in total. The van der Waals surface area contributed by atoms with Crippen molar-refractivity contribution in [2.45, 2.75) is 19.4 Å². The maximum Gasteiger partial charge on any atom is 0.119 e. The Morgan fingerprint density at radius 3 is 2.57 bits per heavy atom. The number of hydrogen-bond acceptors (Lipinski definition) is 4. The van der Waals surface area contributed by atoms with Crippen molar-refractivity contribution < 1.29 is 14.2 Å². The normalized spacial score (nSPS) is 16.7. The molecular weight excluding hydrogens is 350 g/mol. The van der Waals surface area contributed by atoms with Gasteiger partial charge in [0.2, 0.25) is 0 Å². The minimum atomic E-state index is 0.0150. The minimum Gasteiger partial charge on any atom is -0.491 e. The average Bonchev–Trinajstić information content (AvgIpc) is 2.75. The lowest BCUT2D eigenvalue weighted by Gasteiger charge is -2.23. The van der Waals surface area contributed by atoms with Crippen molar-refractivity contribution in [2.24, 2.45) is 0 Å². The summed E-state index contributed by atoms with van der Waals surface area (Å²) in [5.41, 5.74) is 5.85. The largest absolute Gasteiger partial charge is 0.491 e. The van der Waals surface area contributed by atoms with Crippen LogP contribution in [0.4, 0.5) is 0 Å². The average molecular weight is 375 g/mol. The molecule has 1 aliphatic heterocycles. The first-order valence-corrected chi connectivity index (χ1v) is 9.69. The van der Waals surface area contributed by atoms with E-state index in [0.29, 0.717) is 26.4 Å². The van der Waals surface area contributed by atoms with Crippen LogP contribution in [0.2, 0.25) is 0 Å². The van der Waals surface area contributed by atoms with Gasteiger partial charge in [0.15, 0.2) is 0 Å². The molecule has 4 rings (SSSR count). The fourth-order valence-electron chi connectivity index (χ4n) is 3.26. The second kappa shape index (κ2) is 9.00. The molecule has 1 fully saturated rings. The third-order valence-electron chi connectivity index (χ3n) is 4.83. The van der Waals surface area contributed by atoms with E-state index in [4.69, 9.17) is 14.2 Å². The molecule has 28 heavy (non-hydrogen) atoms. The molecule has 3 aromatic rings. The van der Waals surface area contributed by atoms with Gasteiger partial charge in [-0.2, -0.15) is 0 Å². The molecule has 1 aromatic heterocycles. The third-order valence-corrected chi connectivity index (χ3v) is 4.83. The zero-order chi connectivity index (χ0) is 19.2. The SMILES string of the molecule is Cc1ccc(-c2ccc(Cc3cccc(OCC4COCCO4)c3)cc2)cn1. The second-order valence-corrected chi connectivity index (χ2v) is 7.09. The first kappa shape index (κ1) is 18.7. The Labute approximate surface area is 166 Å². The van der Waals surface area contributed by atoms with Crippen molar-refractivity contribution in [3.05, 3.63) is 83.7 Å². The van der Waals surface area contributed by atoms with Crippen LogP contribution >= 0.6 is 0 Å². The second-order valence-electron chi connectivity index (χ2n) is 7.09. The molecule has 1 aliphatic rings. The fourth-order valence-corrected chi connectivity index (χ4v) is 3.26. The highest BCUT2D eigenvalue weighted by Crippen LogP contribution is 2.22. The van der Waals surface area contributed by atoms with E-state index in [-0.39, 0.29) is 6.10 Å². The van der Waals surface area contributed by atoms with Crippen molar-refractivity contribution in [3.63, 3.8) is 0 Å². The van der Waals surface area contributed by atoms with Gasteiger partial charge in [-0.25, -0.2) is 0 Å². The highest BCUT2D eigenvalue weighted by atomic mass is 16.6. The number of hydrogen-bond donors (Lipinski definition) is 0. The Hall–Kier alpha value is -2.69. The molecule has 0 saturated carbocycles. The number of nitrogens with zero attached hydrogens (tertiary/aromatic N) is 1. The Morgan fingerprint density at radius 1 is 0.964 bits per heavy atom. The molecule has 1 saturated heterocycles. The van der Waals surface area contributed by atoms with Crippen LogP contribution in [0.25, 0.3) is 11.1 Å². The topological polar surface area (TPSA) is 40.6 Å². The van der Waals surface area contributed by atoms with Crippen molar-refractivity contribution in [3.8, 4) is 16.9 Å². The summed E-state index contributed by atoms with van der Waals surface area (Å²) in [6.07, 6.45) is 2.81. The fraction of sp³-hybridized carbons (Fsp3) is 0.292. The molecule has 0 bridgehead atoms. The van der Waals surface area contributed by atoms with Crippen molar-refractivity contribution in [2.75, 3.05) is 26.4 Å². The number of aryl methyl sites for hydroxylation is 1. The Balaban J connectivity index is 1.37. The Bertz CT molecular complexity index is 884. The summed E-state index contributed by atoms with van der Waals surface area (Å²) in [6, 6.07) is 21.1. The van der Waals surface area contributed by atoms with Crippen molar-refractivity contribution >= 4 is 0 Å².